The van der Waals surface area contributed by atoms with E-state index in [0.717, 1.165) is 12.3 Å². The van der Waals surface area contributed by atoms with Crippen molar-refractivity contribution in [2.24, 2.45) is 0 Å². The van der Waals surface area contributed by atoms with Crippen molar-refractivity contribution in [3.63, 3.8) is 0 Å². The SMILES string of the molecule is COc1cccc(CN2CCC[S+]2C)c1. The monoisotopic (exact) mass is 224 g/mol. The van der Waals surface area contributed by atoms with Gasteiger partial charge in [-0.25, -0.2) is 0 Å². The number of rotatable bonds is 3. The van der Waals surface area contributed by atoms with Crippen LogP contribution >= 0.6 is 0 Å². The molecule has 2 nitrogen and oxygen atoms in total. The van der Waals surface area contributed by atoms with Crippen LogP contribution in [0.25, 0.3) is 0 Å². The van der Waals surface area contributed by atoms with Gasteiger partial charge < -0.3 is 4.74 Å². The summed E-state index contributed by atoms with van der Waals surface area (Å²) >= 11 is 0.473. The standard InChI is InChI=1S/C12H18NOS/c1-14-12-6-3-5-11(9-12)10-13-7-4-8-15(13)2/h3,5-6,9H,4,7-8,10H2,1-2H3/q+1. The number of hydrogen-bond donors (Lipinski definition) is 0. The molecule has 1 aliphatic rings. The summed E-state index contributed by atoms with van der Waals surface area (Å²) in [6, 6.07) is 8.38. The van der Waals surface area contributed by atoms with E-state index >= 15 is 0 Å². The molecule has 1 heterocycles. The Morgan fingerprint density at radius 3 is 3.00 bits per heavy atom. The van der Waals surface area contributed by atoms with Crippen LogP contribution in [-0.2, 0) is 17.6 Å². The van der Waals surface area contributed by atoms with Crippen molar-refractivity contribution < 1.29 is 4.74 Å². The van der Waals surface area contributed by atoms with Crippen molar-refractivity contribution in [2.75, 3.05) is 25.7 Å². The van der Waals surface area contributed by atoms with E-state index in [1.165, 1.54) is 24.3 Å². The molecule has 1 fully saturated rings. The summed E-state index contributed by atoms with van der Waals surface area (Å²) in [5.74, 6) is 2.33. The van der Waals surface area contributed by atoms with Gasteiger partial charge in [0.05, 0.1) is 24.7 Å². The Morgan fingerprint density at radius 1 is 1.47 bits per heavy atom. The van der Waals surface area contributed by atoms with Crippen LogP contribution < -0.4 is 4.74 Å². The number of methoxy groups -OCH3 is 1. The van der Waals surface area contributed by atoms with E-state index in [2.05, 4.69) is 28.8 Å². The van der Waals surface area contributed by atoms with E-state index in [-0.39, 0.29) is 0 Å². The predicted octanol–water partition coefficient (Wildman–Crippen LogP) is 2.06. The molecular formula is C12H18NOS+. The van der Waals surface area contributed by atoms with E-state index in [9.17, 15) is 0 Å². The van der Waals surface area contributed by atoms with Crippen LogP contribution in [0.4, 0.5) is 0 Å². The summed E-state index contributed by atoms with van der Waals surface area (Å²) in [7, 11) is 1.72. The third-order valence-electron chi connectivity index (χ3n) is 2.78. The van der Waals surface area contributed by atoms with E-state index in [4.69, 9.17) is 4.74 Å². The molecule has 3 heteroatoms. The summed E-state index contributed by atoms with van der Waals surface area (Å²) in [4.78, 5) is 0. The Kier molecular flexibility index (Phi) is 3.54. The lowest BCUT2D eigenvalue weighted by molar-refractivity contribution is 0.412. The summed E-state index contributed by atoms with van der Waals surface area (Å²) < 4.78 is 7.79. The molecule has 0 amide bonds. The quantitative estimate of drug-likeness (QED) is 0.729. The maximum absolute atomic E-state index is 5.23. The largest absolute Gasteiger partial charge is 0.497 e. The van der Waals surface area contributed by atoms with Gasteiger partial charge in [0.25, 0.3) is 0 Å². The molecule has 0 saturated carbocycles. The van der Waals surface area contributed by atoms with Crippen molar-refractivity contribution in [1.29, 1.82) is 0 Å². The third kappa shape index (κ3) is 2.67. The van der Waals surface area contributed by atoms with Gasteiger partial charge in [0.1, 0.15) is 17.8 Å². The van der Waals surface area contributed by atoms with E-state index in [1.54, 1.807) is 7.11 Å². The second kappa shape index (κ2) is 4.90. The first-order chi connectivity index (χ1) is 7.29. The van der Waals surface area contributed by atoms with Gasteiger partial charge in [0.15, 0.2) is 0 Å². The highest BCUT2D eigenvalue weighted by Gasteiger charge is 2.29. The normalized spacial score (nSPS) is 21.9. The lowest BCUT2D eigenvalue weighted by Crippen LogP contribution is -2.24. The lowest BCUT2D eigenvalue weighted by atomic mass is 10.2. The molecule has 1 aromatic carbocycles. The van der Waals surface area contributed by atoms with E-state index in [0.29, 0.717) is 11.1 Å². The third-order valence-corrected chi connectivity index (χ3v) is 4.85. The predicted molar refractivity (Wildman–Crippen MR) is 66.2 cm³/mol. The number of benzene rings is 1. The molecule has 0 aliphatic carbocycles. The molecule has 1 saturated heterocycles. The first-order valence-corrected chi connectivity index (χ1v) is 7.06. The van der Waals surface area contributed by atoms with Gasteiger partial charge in [-0.05, 0) is 17.7 Å². The molecule has 0 N–H and O–H groups in total. The molecule has 0 spiro atoms. The van der Waals surface area contributed by atoms with Crippen molar-refractivity contribution >= 4 is 11.1 Å². The molecule has 82 valence electrons. The molecule has 0 radical (unpaired) electrons. The molecule has 2 rings (SSSR count). The van der Waals surface area contributed by atoms with Crippen molar-refractivity contribution in [3.05, 3.63) is 29.8 Å². The van der Waals surface area contributed by atoms with Crippen LogP contribution in [0, 0.1) is 0 Å². The first-order valence-electron chi connectivity index (χ1n) is 5.30. The van der Waals surface area contributed by atoms with Gasteiger partial charge in [-0.1, -0.05) is 12.1 Å². The average Bonchev–Trinajstić information content (AvgIpc) is 2.65. The molecule has 1 unspecified atom stereocenters. The molecule has 1 aliphatic heterocycles. The highest BCUT2D eigenvalue weighted by molar-refractivity contribution is 7.94. The van der Waals surface area contributed by atoms with E-state index < -0.39 is 0 Å². The van der Waals surface area contributed by atoms with Crippen LogP contribution in [0.2, 0.25) is 0 Å². The fourth-order valence-corrected chi connectivity index (χ4v) is 3.51. The van der Waals surface area contributed by atoms with Crippen LogP contribution in [0.1, 0.15) is 12.0 Å². The Balaban J connectivity index is 2.03. The minimum Gasteiger partial charge on any atom is -0.497 e. The molecule has 0 aromatic heterocycles. The number of ether oxygens (including phenoxy) is 1. The summed E-state index contributed by atoms with van der Waals surface area (Å²) in [6.07, 6.45) is 3.69. The van der Waals surface area contributed by atoms with Gasteiger partial charge in [0, 0.05) is 13.0 Å². The fraction of sp³-hybridized carbons (Fsp3) is 0.500. The van der Waals surface area contributed by atoms with Gasteiger partial charge >= 0.3 is 0 Å². The summed E-state index contributed by atoms with van der Waals surface area (Å²) in [5.41, 5.74) is 1.36. The van der Waals surface area contributed by atoms with Crippen molar-refractivity contribution in [3.8, 4) is 5.75 Å². The highest BCUT2D eigenvalue weighted by atomic mass is 32.2. The van der Waals surface area contributed by atoms with Crippen LogP contribution in [0.5, 0.6) is 5.75 Å². The Hall–Kier alpha value is -0.670. The number of hydrogen-bond acceptors (Lipinski definition) is 2. The lowest BCUT2D eigenvalue weighted by Gasteiger charge is -2.12. The summed E-state index contributed by atoms with van der Waals surface area (Å²) in [6.45, 7) is 2.31. The summed E-state index contributed by atoms with van der Waals surface area (Å²) in [5, 5.41) is 0. The van der Waals surface area contributed by atoms with Gasteiger partial charge in [-0.15, -0.1) is 4.31 Å². The number of nitrogens with zero attached hydrogens (tertiary/aromatic N) is 1. The van der Waals surface area contributed by atoms with Crippen molar-refractivity contribution in [1.82, 2.24) is 4.31 Å². The topological polar surface area (TPSA) is 12.5 Å². The Morgan fingerprint density at radius 2 is 2.33 bits per heavy atom. The zero-order chi connectivity index (χ0) is 10.7. The second-order valence-electron chi connectivity index (χ2n) is 3.87. The smallest absolute Gasteiger partial charge is 0.128 e. The molecular weight excluding hydrogens is 206 g/mol. The maximum atomic E-state index is 5.23. The van der Waals surface area contributed by atoms with Gasteiger partial charge in [-0.3, -0.25) is 0 Å². The van der Waals surface area contributed by atoms with Crippen molar-refractivity contribution in [2.45, 2.75) is 13.0 Å². The zero-order valence-electron chi connectivity index (χ0n) is 9.40. The molecule has 15 heavy (non-hydrogen) atoms. The fourth-order valence-electron chi connectivity index (χ4n) is 1.90. The Bertz CT molecular complexity index is 329. The average molecular weight is 224 g/mol. The second-order valence-corrected chi connectivity index (χ2v) is 6.00. The maximum Gasteiger partial charge on any atom is 0.128 e. The van der Waals surface area contributed by atoms with E-state index in [1.807, 2.05) is 6.07 Å². The van der Waals surface area contributed by atoms with Crippen LogP contribution in [0.3, 0.4) is 0 Å². The minimum atomic E-state index is 0.473. The Labute approximate surface area is 94.7 Å². The molecule has 1 aromatic rings. The van der Waals surface area contributed by atoms with Crippen LogP contribution in [-0.4, -0.2) is 30.0 Å². The minimum absolute atomic E-state index is 0.473. The molecule has 1 atom stereocenters. The first kappa shape index (κ1) is 10.8. The zero-order valence-corrected chi connectivity index (χ0v) is 10.2. The molecule has 0 bridgehead atoms. The highest BCUT2D eigenvalue weighted by Crippen LogP contribution is 2.20. The van der Waals surface area contributed by atoms with Gasteiger partial charge in [-0.2, -0.15) is 0 Å². The van der Waals surface area contributed by atoms with Crippen LogP contribution in [0.15, 0.2) is 24.3 Å². The van der Waals surface area contributed by atoms with Gasteiger partial charge in [0.2, 0.25) is 0 Å².